The Morgan fingerprint density at radius 1 is 1.25 bits per heavy atom. The summed E-state index contributed by atoms with van der Waals surface area (Å²) >= 11 is 0. The van der Waals surface area contributed by atoms with Crippen LogP contribution in [0.4, 0.5) is 0 Å². The predicted octanol–water partition coefficient (Wildman–Crippen LogP) is 1.93. The third kappa shape index (κ3) is 1.86. The maximum atomic E-state index is 8.96. The molecule has 3 heteroatoms. The minimum Gasteiger partial charge on any atom is -0.396 e. The molecule has 0 aliphatic heterocycles. The number of hydrogen-bond acceptors (Lipinski definition) is 2. The van der Waals surface area contributed by atoms with Crippen LogP contribution in [0.2, 0.25) is 0 Å². The van der Waals surface area contributed by atoms with E-state index in [2.05, 4.69) is 21.7 Å². The average molecular weight is 216 g/mol. The molecule has 0 fully saturated rings. The Labute approximate surface area is 95.4 Å². The van der Waals surface area contributed by atoms with Gasteiger partial charge in [-0.3, -0.25) is 0 Å². The minimum absolute atomic E-state index is 0.137. The smallest absolute Gasteiger partial charge is 0.111 e. The van der Waals surface area contributed by atoms with Gasteiger partial charge in [-0.2, -0.15) is 0 Å². The summed E-state index contributed by atoms with van der Waals surface area (Å²) in [5.74, 6) is 0.929. The van der Waals surface area contributed by atoms with E-state index in [9.17, 15) is 0 Å². The zero-order valence-corrected chi connectivity index (χ0v) is 9.64. The van der Waals surface area contributed by atoms with Gasteiger partial charge in [-0.05, 0) is 6.92 Å². The van der Waals surface area contributed by atoms with Gasteiger partial charge in [-0.1, -0.05) is 30.3 Å². The monoisotopic (exact) mass is 216 g/mol. The highest BCUT2D eigenvalue weighted by molar-refractivity contribution is 5.62. The number of benzene rings is 1. The van der Waals surface area contributed by atoms with Crippen molar-refractivity contribution in [2.24, 2.45) is 7.05 Å². The zero-order valence-electron chi connectivity index (χ0n) is 9.64. The molecular formula is C13H16N2O. The van der Waals surface area contributed by atoms with E-state index in [0.717, 1.165) is 17.2 Å². The highest BCUT2D eigenvalue weighted by Gasteiger charge is 2.12. The zero-order chi connectivity index (χ0) is 11.5. The van der Waals surface area contributed by atoms with Crippen molar-refractivity contribution < 1.29 is 5.11 Å². The van der Waals surface area contributed by atoms with E-state index in [-0.39, 0.29) is 6.61 Å². The number of hydrogen-bond donors (Lipinski definition) is 1. The molecule has 1 N–H and O–H groups in total. The quantitative estimate of drug-likeness (QED) is 0.851. The number of aliphatic hydroxyl groups excluding tert-OH is 1. The van der Waals surface area contributed by atoms with Gasteiger partial charge < -0.3 is 9.67 Å². The Hall–Kier alpha value is -1.61. The van der Waals surface area contributed by atoms with Crippen molar-refractivity contribution in [3.8, 4) is 11.3 Å². The molecule has 0 amide bonds. The molecule has 0 radical (unpaired) electrons. The van der Waals surface area contributed by atoms with Gasteiger partial charge >= 0.3 is 0 Å². The summed E-state index contributed by atoms with van der Waals surface area (Å²) < 4.78 is 2.06. The lowest BCUT2D eigenvalue weighted by atomic mass is 10.1. The summed E-state index contributed by atoms with van der Waals surface area (Å²) in [4.78, 5) is 4.48. The molecule has 2 rings (SSSR count). The van der Waals surface area contributed by atoms with Crippen molar-refractivity contribution in [1.29, 1.82) is 0 Å². The molecule has 0 unspecified atom stereocenters. The van der Waals surface area contributed by atoms with Crippen LogP contribution in [-0.2, 0) is 13.5 Å². The highest BCUT2D eigenvalue weighted by Crippen LogP contribution is 2.23. The van der Waals surface area contributed by atoms with E-state index in [1.54, 1.807) is 0 Å². The van der Waals surface area contributed by atoms with Crippen LogP contribution in [0.1, 0.15) is 11.5 Å². The molecule has 0 saturated carbocycles. The van der Waals surface area contributed by atoms with Crippen molar-refractivity contribution in [2.45, 2.75) is 13.3 Å². The summed E-state index contributed by atoms with van der Waals surface area (Å²) in [5.41, 5.74) is 3.31. The molecule has 84 valence electrons. The lowest BCUT2D eigenvalue weighted by Crippen LogP contribution is -2.02. The summed E-state index contributed by atoms with van der Waals surface area (Å²) in [5, 5.41) is 8.96. The second-order valence-corrected chi connectivity index (χ2v) is 3.86. The fourth-order valence-electron chi connectivity index (χ4n) is 2.02. The number of nitrogens with zero attached hydrogens (tertiary/aromatic N) is 2. The first-order valence-corrected chi connectivity index (χ1v) is 5.42. The normalized spacial score (nSPS) is 10.7. The molecule has 1 aromatic carbocycles. The lowest BCUT2D eigenvalue weighted by molar-refractivity contribution is 0.295. The predicted molar refractivity (Wildman–Crippen MR) is 64.2 cm³/mol. The van der Waals surface area contributed by atoms with Crippen LogP contribution >= 0.6 is 0 Å². The maximum absolute atomic E-state index is 8.96. The fourth-order valence-corrected chi connectivity index (χ4v) is 2.02. The van der Waals surface area contributed by atoms with Gasteiger partial charge in [0.2, 0.25) is 0 Å². The van der Waals surface area contributed by atoms with Gasteiger partial charge in [0.25, 0.3) is 0 Å². The molecule has 0 aliphatic carbocycles. The van der Waals surface area contributed by atoms with Gasteiger partial charge in [0, 0.05) is 19.0 Å². The Morgan fingerprint density at radius 2 is 1.94 bits per heavy atom. The van der Waals surface area contributed by atoms with Crippen molar-refractivity contribution in [1.82, 2.24) is 9.55 Å². The lowest BCUT2D eigenvalue weighted by Gasteiger charge is -2.05. The van der Waals surface area contributed by atoms with Crippen molar-refractivity contribution in [3.63, 3.8) is 0 Å². The van der Waals surface area contributed by atoms with Gasteiger partial charge in [-0.25, -0.2) is 4.98 Å². The molecule has 1 heterocycles. The second-order valence-electron chi connectivity index (χ2n) is 3.86. The first kappa shape index (κ1) is 10.9. The molecule has 3 nitrogen and oxygen atoms in total. The van der Waals surface area contributed by atoms with Crippen LogP contribution in [0.15, 0.2) is 30.3 Å². The number of aliphatic hydroxyl groups is 1. The highest BCUT2D eigenvalue weighted by atomic mass is 16.3. The van der Waals surface area contributed by atoms with Crippen molar-refractivity contribution in [2.75, 3.05) is 6.61 Å². The molecule has 1 aromatic heterocycles. The molecular weight excluding hydrogens is 200 g/mol. The number of imidazole rings is 1. The summed E-state index contributed by atoms with van der Waals surface area (Å²) in [6, 6.07) is 10.2. The van der Waals surface area contributed by atoms with Crippen molar-refractivity contribution in [3.05, 3.63) is 41.9 Å². The molecule has 0 aliphatic rings. The first-order valence-electron chi connectivity index (χ1n) is 5.42. The molecule has 16 heavy (non-hydrogen) atoms. The fraction of sp³-hybridized carbons (Fsp3) is 0.308. The largest absolute Gasteiger partial charge is 0.396 e. The van der Waals surface area contributed by atoms with Gasteiger partial charge in [0.1, 0.15) is 5.82 Å². The number of rotatable bonds is 3. The standard InChI is InChI=1S/C13H16N2O/c1-10-13(11-6-4-3-5-7-11)15(2)12(14-10)8-9-16/h3-7,16H,8-9H2,1-2H3. The molecule has 0 bridgehead atoms. The van der Waals surface area contributed by atoms with E-state index in [1.807, 2.05) is 32.2 Å². The molecule has 2 aromatic rings. The Balaban J connectivity index is 2.49. The Bertz CT molecular complexity index is 474. The average Bonchev–Trinajstić information content (AvgIpc) is 2.56. The van der Waals surface area contributed by atoms with Crippen LogP contribution in [0.5, 0.6) is 0 Å². The van der Waals surface area contributed by atoms with E-state index >= 15 is 0 Å². The van der Waals surface area contributed by atoms with E-state index in [1.165, 1.54) is 5.56 Å². The van der Waals surface area contributed by atoms with Crippen LogP contribution < -0.4 is 0 Å². The number of aromatic nitrogens is 2. The van der Waals surface area contributed by atoms with Gasteiger partial charge in [0.05, 0.1) is 18.0 Å². The van der Waals surface area contributed by atoms with Crippen molar-refractivity contribution >= 4 is 0 Å². The minimum atomic E-state index is 0.137. The van der Waals surface area contributed by atoms with E-state index < -0.39 is 0 Å². The molecule has 0 spiro atoms. The number of aryl methyl sites for hydroxylation is 1. The SMILES string of the molecule is Cc1nc(CCO)n(C)c1-c1ccccc1. The topological polar surface area (TPSA) is 38.1 Å². The summed E-state index contributed by atoms with van der Waals surface area (Å²) in [6.45, 7) is 2.14. The van der Waals surface area contributed by atoms with Gasteiger partial charge in [-0.15, -0.1) is 0 Å². The Morgan fingerprint density at radius 3 is 2.56 bits per heavy atom. The molecule has 0 saturated heterocycles. The first-order chi connectivity index (χ1) is 7.74. The molecule has 0 atom stereocenters. The second kappa shape index (κ2) is 4.49. The van der Waals surface area contributed by atoms with Crippen LogP contribution in [0.25, 0.3) is 11.3 Å². The maximum Gasteiger partial charge on any atom is 0.111 e. The van der Waals surface area contributed by atoms with E-state index in [4.69, 9.17) is 5.11 Å². The summed E-state index contributed by atoms with van der Waals surface area (Å²) in [6.07, 6.45) is 0.601. The van der Waals surface area contributed by atoms with Crippen LogP contribution in [-0.4, -0.2) is 21.3 Å². The third-order valence-electron chi connectivity index (χ3n) is 2.74. The summed E-state index contributed by atoms with van der Waals surface area (Å²) in [7, 11) is 1.99. The van der Waals surface area contributed by atoms with E-state index in [0.29, 0.717) is 6.42 Å². The van der Waals surface area contributed by atoms with Gasteiger partial charge in [0.15, 0.2) is 0 Å². The third-order valence-corrected chi connectivity index (χ3v) is 2.74. The Kier molecular flexibility index (Phi) is 3.06. The van der Waals surface area contributed by atoms with Crippen LogP contribution in [0.3, 0.4) is 0 Å². The van der Waals surface area contributed by atoms with Crippen LogP contribution in [0, 0.1) is 6.92 Å².